The largest absolute Gasteiger partial charge is 0.379 e. The van der Waals surface area contributed by atoms with Gasteiger partial charge < -0.3 is 14.8 Å². The number of nitrogens with one attached hydrogen (secondary N) is 1. The highest BCUT2D eigenvalue weighted by Gasteiger charge is 2.18. The van der Waals surface area contributed by atoms with Crippen molar-refractivity contribution in [1.82, 2.24) is 34.8 Å². The highest BCUT2D eigenvalue weighted by molar-refractivity contribution is 5.81. The first-order valence-corrected chi connectivity index (χ1v) is 12.9. The number of ether oxygens (including phenoxy) is 2. The molecule has 4 aromatic heterocycles. The zero-order valence-corrected chi connectivity index (χ0v) is 21.7. The Morgan fingerprint density at radius 1 is 1.00 bits per heavy atom. The molecule has 1 aliphatic rings. The molecule has 5 heterocycles. The van der Waals surface area contributed by atoms with Crippen molar-refractivity contribution in [3.05, 3.63) is 54.6 Å². The van der Waals surface area contributed by atoms with Crippen LogP contribution in [0.4, 0.5) is 11.6 Å². The van der Waals surface area contributed by atoms with E-state index in [1.165, 1.54) is 0 Å². The molecular weight excluding hydrogens is 468 g/mol. The van der Waals surface area contributed by atoms with Crippen LogP contribution in [-0.2, 0) is 16.0 Å². The van der Waals surface area contributed by atoms with E-state index < -0.39 is 0 Å². The Kier molecular flexibility index (Phi) is 7.98. The van der Waals surface area contributed by atoms with Gasteiger partial charge in [0.15, 0.2) is 5.82 Å². The van der Waals surface area contributed by atoms with Crippen LogP contribution in [0.3, 0.4) is 0 Å². The molecule has 194 valence electrons. The number of anilines is 2. The number of aromatic nitrogens is 6. The number of pyridine rings is 2. The quantitative estimate of drug-likeness (QED) is 0.346. The van der Waals surface area contributed by atoms with Crippen LogP contribution in [0.2, 0.25) is 0 Å². The molecule has 1 atom stereocenters. The van der Waals surface area contributed by atoms with E-state index >= 15 is 0 Å². The summed E-state index contributed by atoms with van der Waals surface area (Å²) in [6, 6.07) is 7.90. The van der Waals surface area contributed by atoms with Gasteiger partial charge in [0, 0.05) is 49.8 Å². The highest BCUT2D eigenvalue weighted by atomic mass is 16.5. The van der Waals surface area contributed by atoms with Crippen molar-refractivity contribution in [2.24, 2.45) is 0 Å². The second kappa shape index (κ2) is 11.7. The number of morpholine rings is 1. The van der Waals surface area contributed by atoms with E-state index in [2.05, 4.69) is 44.3 Å². The Hall–Kier alpha value is -3.47. The van der Waals surface area contributed by atoms with Crippen molar-refractivity contribution in [3.63, 3.8) is 0 Å². The summed E-state index contributed by atoms with van der Waals surface area (Å²) in [6.45, 7) is 12.0. The molecule has 1 saturated heterocycles. The van der Waals surface area contributed by atoms with Crippen molar-refractivity contribution in [3.8, 4) is 11.1 Å². The van der Waals surface area contributed by atoms with Gasteiger partial charge in [-0.15, -0.1) is 5.10 Å². The van der Waals surface area contributed by atoms with Crippen LogP contribution in [-0.4, -0.2) is 80.4 Å². The second-order valence-electron chi connectivity index (χ2n) is 9.55. The van der Waals surface area contributed by atoms with Crippen LogP contribution in [0.5, 0.6) is 0 Å². The minimum Gasteiger partial charge on any atom is -0.379 e. The second-order valence-corrected chi connectivity index (χ2v) is 9.55. The fourth-order valence-corrected chi connectivity index (χ4v) is 4.42. The van der Waals surface area contributed by atoms with E-state index in [4.69, 9.17) is 14.5 Å². The van der Waals surface area contributed by atoms with Gasteiger partial charge in [0.25, 0.3) is 0 Å². The maximum Gasteiger partial charge on any atom is 0.154 e. The van der Waals surface area contributed by atoms with Gasteiger partial charge in [-0.25, -0.2) is 4.98 Å². The summed E-state index contributed by atoms with van der Waals surface area (Å²) in [4.78, 5) is 11.8. The molecule has 10 heteroatoms. The van der Waals surface area contributed by atoms with Crippen molar-refractivity contribution in [2.75, 3.05) is 44.8 Å². The van der Waals surface area contributed by atoms with Gasteiger partial charge >= 0.3 is 0 Å². The maximum atomic E-state index is 6.02. The standard InChI is InChI=1S/C27H34N8O2/c1-4-37-23(17-34-7-9-36-10-8-34)18-35-16-22(15-30-35)21-11-25-24(28-13-21)5-6-26(31-25)32-27-12-20(19(2)3)14-29-33-27/h5-6,11-16,19,23H,4,7-10,17-18H2,1-3H3,(H,31,32,33). The Bertz CT molecular complexity index is 1320. The summed E-state index contributed by atoms with van der Waals surface area (Å²) >= 11 is 0. The topological polar surface area (TPSA) is 103 Å². The molecule has 37 heavy (non-hydrogen) atoms. The molecule has 0 saturated carbocycles. The summed E-state index contributed by atoms with van der Waals surface area (Å²) < 4.78 is 13.4. The first kappa shape index (κ1) is 25.2. The van der Waals surface area contributed by atoms with E-state index in [0.717, 1.165) is 60.6 Å². The Balaban J connectivity index is 1.30. The third-order valence-corrected chi connectivity index (χ3v) is 6.46. The number of rotatable bonds is 10. The monoisotopic (exact) mass is 502 g/mol. The highest BCUT2D eigenvalue weighted by Crippen LogP contribution is 2.24. The average molecular weight is 503 g/mol. The first-order chi connectivity index (χ1) is 18.1. The summed E-state index contributed by atoms with van der Waals surface area (Å²) in [5.41, 5.74) is 4.70. The van der Waals surface area contributed by atoms with Crippen LogP contribution in [0.25, 0.3) is 22.2 Å². The lowest BCUT2D eigenvalue weighted by molar-refractivity contribution is -0.0153. The predicted octanol–water partition coefficient (Wildman–Crippen LogP) is 3.89. The molecule has 0 aliphatic carbocycles. The van der Waals surface area contributed by atoms with E-state index in [1.54, 1.807) is 6.20 Å². The smallest absolute Gasteiger partial charge is 0.154 e. The Morgan fingerprint density at radius 3 is 2.68 bits per heavy atom. The Labute approximate surface area is 217 Å². The van der Waals surface area contributed by atoms with Crippen LogP contribution >= 0.6 is 0 Å². The summed E-state index contributed by atoms with van der Waals surface area (Å²) in [5, 5.41) is 16.2. The third kappa shape index (κ3) is 6.46. The van der Waals surface area contributed by atoms with Crippen LogP contribution in [0, 0.1) is 0 Å². The molecule has 10 nitrogen and oxygen atoms in total. The molecular formula is C27H34N8O2. The van der Waals surface area contributed by atoms with E-state index in [0.29, 0.717) is 30.7 Å². The number of fused-ring (bicyclic) bond motifs is 1. The van der Waals surface area contributed by atoms with Gasteiger partial charge in [0.05, 0.1) is 49.3 Å². The molecule has 1 N–H and O–H groups in total. The minimum absolute atomic E-state index is 0.0678. The summed E-state index contributed by atoms with van der Waals surface area (Å²) in [7, 11) is 0. The molecule has 0 spiro atoms. The van der Waals surface area contributed by atoms with Crippen LogP contribution < -0.4 is 5.32 Å². The number of hydrogen-bond donors (Lipinski definition) is 1. The third-order valence-electron chi connectivity index (χ3n) is 6.46. The molecule has 1 aliphatic heterocycles. The lowest BCUT2D eigenvalue weighted by Gasteiger charge is -2.30. The van der Waals surface area contributed by atoms with Crippen LogP contribution in [0.15, 0.2) is 49.1 Å². The predicted molar refractivity (Wildman–Crippen MR) is 143 cm³/mol. The molecule has 0 radical (unpaired) electrons. The van der Waals surface area contributed by atoms with Gasteiger partial charge in [-0.3, -0.25) is 14.6 Å². The maximum absolute atomic E-state index is 6.02. The van der Waals surface area contributed by atoms with Crippen molar-refractivity contribution in [2.45, 2.75) is 39.3 Å². The molecule has 1 unspecified atom stereocenters. The normalized spacial score (nSPS) is 15.4. The zero-order valence-electron chi connectivity index (χ0n) is 21.7. The minimum atomic E-state index is 0.0678. The SMILES string of the molecule is CCOC(CN1CCOCC1)Cn1cc(-c2cnc3ccc(Nc4cc(C(C)C)cnn4)nc3c2)cn1. The van der Waals surface area contributed by atoms with Gasteiger partial charge in [-0.05, 0) is 42.7 Å². The van der Waals surface area contributed by atoms with Crippen LogP contribution in [0.1, 0.15) is 32.3 Å². The lowest BCUT2D eigenvalue weighted by atomic mass is 10.1. The van der Waals surface area contributed by atoms with E-state index in [-0.39, 0.29) is 6.10 Å². The molecule has 0 bridgehead atoms. The van der Waals surface area contributed by atoms with Crippen molar-refractivity contribution in [1.29, 1.82) is 0 Å². The summed E-state index contributed by atoms with van der Waals surface area (Å²) in [5.74, 6) is 1.74. The first-order valence-electron chi connectivity index (χ1n) is 12.9. The van der Waals surface area contributed by atoms with Gasteiger partial charge in [-0.1, -0.05) is 13.8 Å². The van der Waals surface area contributed by atoms with Gasteiger partial charge in [0.2, 0.25) is 0 Å². The molecule has 4 aromatic rings. The van der Waals surface area contributed by atoms with Crippen molar-refractivity contribution < 1.29 is 9.47 Å². The fraction of sp³-hybridized carbons (Fsp3) is 0.444. The number of hydrogen-bond acceptors (Lipinski definition) is 9. The molecule has 0 amide bonds. The molecule has 5 rings (SSSR count). The molecule has 0 aromatic carbocycles. The average Bonchev–Trinajstić information content (AvgIpc) is 3.37. The lowest BCUT2D eigenvalue weighted by Crippen LogP contribution is -2.43. The van der Waals surface area contributed by atoms with Gasteiger partial charge in [-0.2, -0.15) is 10.2 Å². The van der Waals surface area contributed by atoms with Crippen molar-refractivity contribution >= 4 is 22.7 Å². The van der Waals surface area contributed by atoms with E-state index in [1.807, 2.05) is 54.5 Å². The van der Waals surface area contributed by atoms with Gasteiger partial charge in [0.1, 0.15) is 5.82 Å². The fourth-order valence-electron chi connectivity index (χ4n) is 4.42. The summed E-state index contributed by atoms with van der Waals surface area (Å²) in [6.07, 6.45) is 7.64. The number of nitrogens with zero attached hydrogens (tertiary/aromatic N) is 7. The zero-order chi connectivity index (χ0) is 25.6. The molecule has 1 fully saturated rings. The Morgan fingerprint density at radius 2 is 1.86 bits per heavy atom. The van der Waals surface area contributed by atoms with E-state index in [9.17, 15) is 0 Å².